The number of hydrogen-bond acceptors (Lipinski definition) is 9. The molecule has 2 aliphatic rings. The van der Waals surface area contributed by atoms with Crippen LogP contribution in [0.3, 0.4) is 0 Å². The third kappa shape index (κ3) is 5.04. The van der Waals surface area contributed by atoms with Crippen LogP contribution in [0.5, 0.6) is 11.5 Å². The molecule has 2 aromatic heterocycles. The van der Waals surface area contributed by atoms with E-state index < -0.39 is 17.2 Å². The van der Waals surface area contributed by atoms with E-state index in [2.05, 4.69) is 32.2 Å². The second kappa shape index (κ2) is 10.3. The lowest BCUT2D eigenvalue weighted by Crippen LogP contribution is -2.29. The summed E-state index contributed by atoms with van der Waals surface area (Å²) in [7, 11) is 2.57. The van der Waals surface area contributed by atoms with Crippen LogP contribution < -0.4 is 20.1 Å². The first-order valence-corrected chi connectivity index (χ1v) is 12.0. The molecular formula is C26H27F2N5O4. The minimum Gasteiger partial charge on any atom is -0.494 e. The van der Waals surface area contributed by atoms with E-state index >= 15 is 8.78 Å². The van der Waals surface area contributed by atoms with Gasteiger partial charge in [-0.25, -0.2) is 23.7 Å². The minimum atomic E-state index is -0.926. The smallest absolute Gasteiger partial charge is 0.179 e. The van der Waals surface area contributed by atoms with Crippen LogP contribution in [0.15, 0.2) is 31.0 Å². The number of nitrogens with one attached hydrogen (secondary N) is 2. The van der Waals surface area contributed by atoms with Crippen molar-refractivity contribution >= 4 is 28.3 Å². The van der Waals surface area contributed by atoms with Gasteiger partial charge in [0.05, 0.1) is 50.8 Å². The number of pyridine rings is 1. The molecule has 37 heavy (non-hydrogen) atoms. The van der Waals surface area contributed by atoms with Crippen molar-refractivity contribution in [1.82, 2.24) is 15.0 Å². The van der Waals surface area contributed by atoms with Crippen molar-refractivity contribution in [2.24, 2.45) is 5.92 Å². The minimum absolute atomic E-state index is 0.0142. The number of aromatic nitrogens is 3. The van der Waals surface area contributed by atoms with Gasteiger partial charge in [-0.2, -0.15) is 0 Å². The number of halogens is 2. The van der Waals surface area contributed by atoms with E-state index in [9.17, 15) is 4.79 Å². The molecule has 0 unspecified atom stereocenters. The highest BCUT2D eigenvalue weighted by Gasteiger charge is 2.31. The second-order valence-corrected chi connectivity index (χ2v) is 9.11. The zero-order valence-corrected chi connectivity index (χ0v) is 20.5. The summed E-state index contributed by atoms with van der Waals surface area (Å²) >= 11 is 0. The number of ketones is 1. The average Bonchev–Trinajstić information content (AvgIpc) is 3.62. The summed E-state index contributed by atoms with van der Waals surface area (Å²) in [5.74, 6) is -1.44. The Morgan fingerprint density at radius 2 is 1.86 bits per heavy atom. The van der Waals surface area contributed by atoms with Crippen molar-refractivity contribution in [3.8, 4) is 22.9 Å². The molecule has 0 spiro atoms. The number of rotatable bonds is 10. The Morgan fingerprint density at radius 1 is 1.14 bits per heavy atom. The summed E-state index contributed by atoms with van der Waals surface area (Å²) < 4.78 is 46.1. The molecule has 11 heteroatoms. The van der Waals surface area contributed by atoms with E-state index in [0.29, 0.717) is 42.2 Å². The van der Waals surface area contributed by atoms with Gasteiger partial charge in [0, 0.05) is 29.8 Å². The van der Waals surface area contributed by atoms with Crippen LogP contribution in [-0.2, 0) is 9.53 Å². The highest BCUT2D eigenvalue weighted by atomic mass is 19.1. The average molecular weight is 512 g/mol. The molecule has 5 rings (SSSR count). The molecule has 0 bridgehead atoms. The molecule has 3 heterocycles. The number of fused-ring (bicyclic) bond motifs is 1. The van der Waals surface area contributed by atoms with Gasteiger partial charge in [0.15, 0.2) is 34.7 Å². The molecule has 194 valence electrons. The Morgan fingerprint density at radius 3 is 2.51 bits per heavy atom. The molecule has 2 N–H and O–H groups in total. The first-order valence-electron chi connectivity index (χ1n) is 12.0. The van der Waals surface area contributed by atoms with Crippen LogP contribution in [0.2, 0.25) is 0 Å². The van der Waals surface area contributed by atoms with Gasteiger partial charge in [0.2, 0.25) is 0 Å². The maximum Gasteiger partial charge on any atom is 0.179 e. The number of ether oxygens (including phenoxy) is 3. The highest BCUT2D eigenvalue weighted by Crippen LogP contribution is 2.38. The molecule has 1 saturated heterocycles. The van der Waals surface area contributed by atoms with Crippen molar-refractivity contribution in [3.05, 3.63) is 42.6 Å². The van der Waals surface area contributed by atoms with Crippen molar-refractivity contribution < 1.29 is 27.8 Å². The molecule has 0 radical (unpaired) electrons. The number of methoxy groups -OCH3 is 2. The van der Waals surface area contributed by atoms with Crippen molar-refractivity contribution in [2.75, 3.05) is 38.1 Å². The Bertz CT molecular complexity index is 1340. The Kier molecular flexibility index (Phi) is 6.88. The fourth-order valence-corrected chi connectivity index (χ4v) is 4.33. The number of carbonyl (C=O) groups excluding carboxylic acids is 1. The van der Waals surface area contributed by atoms with Gasteiger partial charge >= 0.3 is 0 Å². The van der Waals surface area contributed by atoms with Gasteiger partial charge in [-0.3, -0.25) is 4.79 Å². The second-order valence-electron chi connectivity index (χ2n) is 9.11. The zero-order chi connectivity index (χ0) is 26.1. The van der Waals surface area contributed by atoms with Gasteiger partial charge in [0.25, 0.3) is 0 Å². The maximum absolute atomic E-state index is 15.2. The third-order valence-corrected chi connectivity index (χ3v) is 6.52. The molecule has 3 aromatic rings. The number of carbonyl (C=O) groups is 1. The van der Waals surface area contributed by atoms with Crippen molar-refractivity contribution in [1.29, 1.82) is 0 Å². The molecule has 1 aliphatic carbocycles. The number of nitrogens with zero attached hydrogens (tertiary/aromatic N) is 3. The Labute approximate surface area is 212 Å². The SMILES string of the molecule is C=CC(=O)C[C@H]1COC[C@H]1Nc1cc2c(NC3CC3)nc(-c3c(F)c(OC)cc(OC)c3F)nc2cn1. The Balaban J connectivity index is 1.54. The fourth-order valence-electron chi connectivity index (χ4n) is 4.33. The zero-order valence-electron chi connectivity index (χ0n) is 20.5. The first-order chi connectivity index (χ1) is 17.9. The number of benzene rings is 1. The molecule has 2 fully saturated rings. The monoisotopic (exact) mass is 511 g/mol. The van der Waals surface area contributed by atoms with Crippen LogP contribution in [0.1, 0.15) is 19.3 Å². The largest absolute Gasteiger partial charge is 0.494 e. The maximum atomic E-state index is 15.2. The molecule has 1 saturated carbocycles. The predicted octanol–water partition coefficient (Wildman–Crippen LogP) is 4.13. The van der Waals surface area contributed by atoms with Crippen LogP contribution in [0.25, 0.3) is 22.3 Å². The van der Waals surface area contributed by atoms with Gasteiger partial charge in [-0.05, 0) is 25.0 Å². The van der Waals surface area contributed by atoms with E-state index in [-0.39, 0.29) is 41.1 Å². The lowest BCUT2D eigenvalue weighted by Gasteiger charge is -2.19. The van der Waals surface area contributed by atoms with Crippen LogP contribution in [-0.4, -0.2) is 60.3 Å². The molecule has 2 atom stereocenters. The lowest BCUT2D eigenvalue weighted by molar-refractivity contribution is -0.115. The van der Waals surface area contributed by atoms with E-state index in [0.717, 1.165) is 18.9 Å². The molecule has 9 nitrogen and oxygen atoms in total. The normalized spacial score (nSPS) is 19.0. The fraction of sp³-hybridized carbons (Fsp3) is 0.385. The highest BCUT2D eigenvalue weighted by molar-refractivity contribution is 5.92. The summed E-state index contributed by atoms with van der Waals surface area (Å²) in [5.41, 5.74) is -0.0441. The first kappa shape index (κ1) is 24.8. The number of anilines is 2. The van der Waals surface area contributed by atoms with E-state index in [1.54, 1.807) is 6.07 Å². The molecule has 1 aliphatic heterocycles. The van der Waals surface area contributed by atoms with Gasteiger partial charge < -0.3 is 24.8 Å². The summed E-state index contributed by atoms with van der Waals surface area (Å²) in [6.07, 6.45) is 5.10. The van der Waals surface area contributed by atoms with Crippen LogP contribution in [0, 0.1) is 17.6 Å². The Hall–Kier alpha value is -3.86. The summed E-state index contributed by atoms with van der Waals surface area (Å²) in [6.45, 7) is 4.44. The quantitative estimate of drug-likeness (QED) is 0.389. The van der Waals surface area contributed by atoms with Crippen LogP contribution in [0.4, 0.5) is 20.4 Å². The summed E-state index contributed by atoms with van der Waals surface area (Å²) in [4.78, 5) is 25.3. The van der Waals surface area contributed by atoms with Gasteiger partial charge in [-0.1, -0.05) is 6.58 Å². The van der Waals surface area contributed by atoms with E-state index in [1.165, 1.54) is 26.5 Å². The molecule has 0 amide bonds. The van der Waals surface area contributed by atoms with Crippen molar-refractivity contribution in [3.63, 3.8) is 0 Å². The summed E-state index contributed by atoms with van der Waals surface area (Å²) in [5, 5.41) is 7.32. The van der Waals surface area contributed by atoms with Crippen LogP contribution >= 0.6 is 0 Å². The molecule has 1 aromatic carbocycles. The number of hydrogen-bond donors (Lipinski definition) is 2. The predicted molar refractivity (Wildman–Crippen MR) is 134 cm³/mol. The van der Waals surface area contributed by atoms with E-state index in [4.69, 9.17) is 14.2 Å². The van der Waals surface area contributed by atoms with Crippen molar-refractivity contribution in [2.45, 2.75) is 31.3 Å². The molecular weight excluding hydrogens is 484 g/mol. The topological polar surface area (TPSA) is 107 Å². The third-order valence-electron chi connectivity index (χ3n) is 6.52. The lowest BCUT2D eigenvalue weighted by atomic mass is 9.97. The van der Waals surface area contributed by atoms with Gasteiger partial charge in [-0.15, -0.1) is 0 Å². The van der Waals surface area contributed by atoms with Gasteiger partial charge in [0.1, 0.15) is 11.6 Å². The number of allylic oxidation sites excluding steroid dienone is 1. The van der Waals surface area contributed by atoms with E-state index in [1.807, 2.05) is 0 Å². The summed E-state index contributed by atoms with van der Waals surface area (Å²) in [6, 6.07) is 3.03. The standard InChI is InChI=1S/C26H27F2N5O4/c1-4-15(34)7-13-11-37-12-18(13)31-21-8-16-17(10-29-21)32-26(33-25(16)30-14-5-6-14)22-23(27)19(35-2)9-20(36-3)24(22)28/h4,8-10,13-14,18H,1,5-7,11-12H2,2-3H3,(H,29,31)(H,30,32,33)/t13-,18+/m0/s1.